The van der Waals surface area contributed by atoms with Crippen LogP contribution in [0.5, 0.6) is 0 Å². The summed E-state index contributed by atoms with van der Waals surface area (Å²) in [6, 6.07) is 11.3. The molecule has 0 saturated carbocycles. The van der Waals surface area contributed by atoms with E-state index in [9.17, 15) is 0 Å². The van der Waals surface area contributed by atoms with Crippen LogP contribution in [0.4, 0.5) is 5.69 Å². The zero-order valence-corrected chi connectivity index (χ0v) is 12.7. The number of furan rings is 1. The van der Waals surface area contributed by atoms with E-state index in [0.29, 0.717) is 29.8 Å². The van der Waals surface area contributed by atoms with Crippen molar-refractivity contribution in [2.24, 2.45) is 7.05 Å². The van der Waals surface area contributed by atoms with Crippen LogP contribution in [-0.4, -0.2) is 30.3 Å². The molecule has 0 fully saturated rings. The fourth-order valence-corrected chi connectivity index (χ4v) is 2.25. The quantitative estimate of drug-likeness (QED) is 0.595. The van der Waals surface area contributed by atoms with Crippen LogP contribution in [0, 0.1) is 0 Å². The lowest BCUT2D eigenvalue weighted by molar-refractivity contribution is 0.382. The number of nitrogens with zero attached hydrogens (tertiary/aromatic N) is 6. The molecule has 0 atom stereocenters. The Morgan fingerprint density at radius 2 is 2.17 bits per heavy atom. The fourth-order valence-electron chi connectivity index (χ4n) is 2.25. The fraction of sp³-hybridized carbons (Fsp3) is 0.133. The number of benzene rings is 1. The SMILES string of the molecule is Cn1nnnc1-c1cccc(NCc2nc(-c3ccco3)no2)c1. The summed E-state index contributed by atoms with van der Waals surface area (Å²) in [5, 5.41) is 18.6. The normalized spacial score (nSPS) is 10.9. The summed E-state index contributed by atoms with van der Waals surface area (Å²) in [6.07, 6.45) is 1.57. The zero-order valence-electron chi connectivity index (χ0n) is 12.7. The van der Waals surface area contributed by atoms with Gasteiger partial charge in [-0.1, -0.05) is 17.3 Å². The van der Waals surface area contributed by atoms with Crippen molar-refractivity contribution in [3.05, 3.63) is 48.6 Å². The first kappa shape index (κ1) is 14.1. The van der Waals surface area contributed by atoms with Gasteiger partial charge in [0.25, 0.3) is 0 Å². The molecule has 0 bridgehead atoms. The van der Waals surface area contributed by atoms with Crippen LogP contribution >= 0.6 is 0 Å². The molecule has 0 spiro atoms. The highest BCUT2D eigenvalue weighted by molar-refractivity contribution is 5.62. The van der Waals surface area contributed by atoms with Crippen LogP contribution in [-0.2, 0) is 13.6 Å². The first-order valence-electron chi connectivity index (χ1n) is 7.23. The van der Waals surface area contributed by atoms with Gasteiger partial charge in [0.05, 0.1) is 12.8 Å². The Kier molecular flexibility index (Phi) is 3.50. The molecular weight excluding hydrogens is 310 g/mol. The minimum absolute atomic E-state index is 0.397. The summed E-state index contributed by atoms with van der Waals surface area (Å²) in [5.74, 6) is 2.15. The van der Waals surface area contributed by atoms with Crippen LogP contribution in [0.15, 0.2) is 51.6 Å². The topological polar surface area (TPSA) is 108 Å². The second kappa shape index (κ2) is 5.95. The summed E-state index contributed by atoms with van der Waals surface area (Å²) < 4.78 is 12.1. The summed E-state index contributed by atoms with van der Waals surface area (Å²) >= 11 is 0. The molecule has 9 nitrogen and oxygen atoms in total. The maximum Gasteiger partial charge on any atom is 0.246 e. The van der Waals surface area contributed by atoms with Crippen molar-refractivity contribution < 1.29 is 8.94 Å². The first-order chi connectivity index (χ1) is 11.8. The second-order valence-electron chi connectivity index (χ2n) is 5.05. The van der Waals surface area contributed by atoms with E-state index in [1.54, 1.807) is 30.1 Å². The lowest BCUT2D eigenvalue weighted by atomic mass is 10.2. The van der Waals surface area contributed by atoms with Gasteiger partial charge in [0.1, 0.15) is 0 Å². The Bertz CT molecular complexity index is 942. The molecule has 24 heavy (non-hydrogen) atoms. The minimum Gasteiger partial charge on any atom is -0.461 e. The van der Waals surface area contributed by atoms with Gasteiger partial charge in [-0.15, -0.1) is 5.10 Å². The van der Waals surface area contributed by atoms with Crippen molar-refractivity contribution in [2.75, 3.05) is 5.32 Å². The van der Waals surface area contributed by atoms with Crippen molar-refractivity contribution in [1.29, 1.82) is 0 Å². The third kappa shape index (κ3) is 2.74. The molecule has 9 heteroatoms. The summed E-state index contributed by atoms with van der Waals surface area (Å²) in [7, 11) is 1.80. The van der Waals surface area contributed by atoms with Gasteiger partial charge in [0.2, 0.25) is 11.7 Å². The van der Waals surface area contributed by atoms with E-state index in [0.717, 1.165) is 11.3 Å². The largest absolute Gasteiger partial charge is 0.461 e. The highest BCUT2D eigenvalue weighted by Crippen LogP contribution is 2.20. The number of rotatable bonds is 5. The molecule has 0 radical (unpaired) electrons. The van der Waals surface area contributed by atoms with Crippen molar-refractivity contribution in [3.8, 4) is 23.0 Å². The molecule has 0 saturated heterocycles. The number of tetrazole rings is 1. The predicted octanol–water partition coefficient (Wildman–Crippen LogP) is 2.13. The minimum atomic E-state index is 0.397. The third-order valence-electron chi connectivity index (χ3n) is 3.39. The van der Waals surface area contributed by atoms with E-state index >= 15 is 0 Å². The number of aromatic nitrogens is 6. The lowest BCUT2D eigenvalue weighted by Crippen LogP contribution is -2.00. The number of anilines is 1. The van der Waals surface area contributed by atoms with Gasteiger partial charge in [0.15, 0.2) is 11.6 Å². The predicted molar refractivity (Wildman–Crippen MR) is 83.6 cm³/mol. The van der Waals surface area contributed by atoms with Crippen molar-refractivity contribution in [2.45, 2.75) is 6.54 Å². The maximum atomic E-state index is 5.24. The molecule has 1 aromatic carbocycles. The van der Waals surface area contributed by atoms with Crippen molar-refractivity contribution in [3.63, 3.8) is 0 Å². The van der Waals surface area contributed by atoms with E-state index < -0.39 is 0 Å². The smallest absolute Gasteiger partial charge is 0.246 e. The van der Waals surface area contributed by atoms with E-state index in [4.69, 9.17) is 8.94 Å². The molecule has 3 aromatic heterocycles. The van der Waals surface area contributed by atoms with E-state index in [1.165, 1.54) is 0 Å². The van der Waals surface area contributed by atoms with E-state index in [2.05, 4.69) is 31.0 Å². The van der Waals surface area contributed by atoms with Crippen molar-refractivity contribution in [1.82, 2.24) is 30.3 Å². The van der Waals surface area contributed by atoms with Crippen LogP contribution < -0.4 is 5.32 Å². The Balaban J connectivity index is 1.48. The highest BCUT2D eigenvalue weighted by atomic mass is 16.5. The Morgan fingerprint density at radius 3 is 2.96 bits per heavy atom. The zero-order chi connectivity index (χ0) is 16.4. The number of aryl methyl sites for hydroxylation is 1. The standard InChI is InChI=1S/C15H13N7O2/c1-22-15(18-20-21-22)10-4-2-5-11(8-10)16-9-13-17-14(19-24-13)12-6-3-7-23-12/h2-8,16H,9H2,1H3. The first-order valence-corrected chi connectivity index (χ1v) is 7.23. The van der Waals surface area contributed by atoms with Gasteiger partial charge in [-0.05, 0) is 34.7 Å². The van der Waals surface area contributed by atoms with Gasteiger partial charge >= 0.3 is 0 Å². The van der Waals surface area contributed by atoms with Gasteiger partial charge in [-0.3, -0.25) is 0 Å². The van der Waals surface area contributed by atoms with E-state index in [-0.39, 0.29) is 0 Å². The van der Waals surface area contributed by atoms with Crippen LogP contribution in [0.25, 0.3) is 23.0 Å². The average molecular weight is 323 g/mol. The molecule has 0 aliphatic rings. The van der Waals surface area contributed by atoms with Gasteiger partial charge in [-0.2, -0.15) is 4.98 Å². The van der Waals surface area contributed by atoms with Crippen LogP contribution in [0.3, 0.4) is 0 Å². The van der Waals surface area contributed by atoms with Gasteiger partial charge < -0.3 is 14.3 Å². The average Bonchev–Trinajstić information content (AvgIpc) is 3.34. The van der Waals surface area contributed by atoms with Crippen molar-refractivity contribution >= 4 is 5.69 Å². The van der Waals surface area contributed by atoms with Crippen LogP contribution in [0.1, 0.15) is 5.89 Å². The third-order valence-corrected chi connectivity index (χ3v) is 3.39. The number of hydrogen-bond donors (Lipinski definition) is 1. The summed E-state index contributed by atoms with van der Waals surface area (Å²) in [4.78, 5) is 4.28. The van der Waals surface area contributed by atoms with Crippen LogP contribution in [0.2, 0.25) is 0 Å². The van der Waals surface area contributed by atoms with Gasteiger partial charge in [-0.25, -0.2) is 4.68 Å². The molecule has 120 valence electrons. The molecule has 0 aliphatic heterocycles. The molecule has 3 heterocycles. The lowest BCUT2D eigenvalue weighted by Gasteiger charge is -2.05. The molecule has 0 aliphatic carbocycles. The number of nitrogens with one attached hydrogen (secondary N) is 1. The van der Waals surface area contributed by atoms with Gasteiger partial charge in [0, 0.05) is 18.3 Å². The summed E-state index contributed by atoms with van der Waals surface area (Å²) in [6.45, 7) is 0.397. The molecule has 0 unspecified atom stereocenters. The molecular formula is C15H13N7O2. The molecule has 1 N–H and O–H groups in total. The maximum absolute atomic E-state index is 5.24. The molecule has 4 rings (SSSR count). The Morgan fingerprint density at radius 1 is 1.21 bits per heavy atom. The monoisotopic (exact) mass is 323 g/mol. The summed E-state index contributed by atoms with van der Waals surface area (Å²) in [5.41, 5.74) is 1.81. The second-order valence-corrected chi connectivity index (χ2v) is 5.05. The molecule has 4 aromatic rings. The Hall–Kier alpha value is -3.49. The number of hydrogen-bond acceptors (Lipinski definition) is 8. The Labute approximate surface area is 136 Å². The van der Waals surface area contributed by atoms with E-state index in [1.807, 2.05) is 24.3 Å². The highest BCUT2D eigenvalue weighted by Gasteiger charge is 2.11. The molecule has 0 amide bonds.